The van der Waals surface area contributed by atoms with E-state index < -0.39 is 0 Å². The molecule has 0 atom stereocenters. The third-order valence-corrected chi connectivity index (χ3v) is 4.39. The Morgan fingerprint density at radius 3 is 2.35 bits per heavy atom. The van der Waals surface area contributed by atoms with Gasteiger partial charge in [0.2, 0.25) is 0 Å². The number of rotatable bonds is 2. The molecule has 0 unspecified atom stereocenters. The van der Waals surface area contributed by atoms with Crippen LogP contribution in [-0.2, 0) is 0 Å². The number of anilines is 1. The summed E-state index contributed by atoms with van der Waals surface area (Å²) in [7, 11) is 0. The lowest BCUT2D eigenvalue weighted by atomic mass is 9.83. The molecule has 2 aromatic rings. The number of phenolic OH excluding ortho intramolecular Hbond substituents is 2. The van der Waals surface area contributed by atoms with E-state index in [2.05, 4.69) is 12.2 Å². The fraction of sp³-hybridized carbons (Fsp3) is 0.412. The van der Waals surface area contributed by atoms with Crippen LogP contribution in [0.15, 0.2) is 30.3 Å². The molecular weight excluding hydrogens is 250 g/mol. The number of benzene rings is 2. The van der Waals surface area contributed by atoms with Gasteiger partial charge in [0.25, 0.3) is 0 Å². The predicted molar refractivity (Wildman–Crippen MR) is 82.4 cm³/mol. The Bertz CT molecular complexity index is 630. The summed E-state index contributed by atoms with van der Waals surface area (Å²) >= 11 is 0. The molecule has 3 rings (SSSR count). The molecule has 0 spiro atoms. The van der Waals surface area contributed by atoms with Crippen LogP contribution in [-0.4, -0.2) is 15.8 Å². The highest BCUT2D eigenvalue weighted by Crippen LogP contribution is 2.41. The lowest BCUT2D eigenvalue weighted by molar-refractivity contribution is 0.349. The Morgan fingerprint density at radius 2 is 1.65 bits per heavy atom. The molecule has 3 nitrogen and oxygen atoms in total. The minimum absolute atomic E-state index is 0.0417. The van der Waals surface area contributed by atoms with E-state index in [1.165, 1.54) is 19.3 Å². The Hall–Kier alpha value is -1.90. The molecule has 0 amide bonds. The molecule has 0 aliphatic heterocycles. The number of aromatic hydroxyl groups is 2. The van der Waals surface area contributed by atoms with E-state index in [-0.39, 0.29) is 17.0 Å². The third kappa shape index (κ3) is 2.28. The molecule has 0 heterocycles. The summed E-state index contributed by atoms with van der Waals surface area (Å²) in [5, 5.41) is 25.1. The summed E-state index contributed by atoms with van der Waals surface area (Å²) in [6.07, 6.45) is 6.07. The van der Waals surface area contributed by atoms with Crippen molar-refractivity contribution < 1.29 is 10.2 Å². The molecule has 1 aliphatic carbocycles. The molecule has 3 heteroatoms. The summed E-state index contributed by atoms with van der Waals surface area (Å²) in [4.78, 5) is 0. The van der Waals surface area contributed by atoms with Crippen molar-refractivity contribution in [1.29, 1.82) is 0 Å². The van der Waals surface area contributed by atoms with Crippen LogP contribution in [0.5, 0.6) is 11.5 Å². The number of nitrogens with one attached hydrogen (secondary N) is 1. The van der Waals surface area contributed by atoms with Crippen molar-refractivity contribution in [3.8, 4) is 11.5 Å². The maximum atomic E-state index is 9.97. The van der Waals surface area contributed by atoms with Crippen molar-refractivity contribution >= 4 is 16.5 Å². The molecular formula is C17H21NO2. The van der Waals surface area contributed by atoms with Crippen LogP contribution in [0, 0.1) is 0 Å². The SMILES string of the molecule is CC1(Nc2cc(O)c(O)c3ccccc23)CCCCC1. The molecule has 2 aromatic carbocycles. The summed E-state index contributed by atoms with van der Waals surface area (Å²) in [5.74, 6) is -0.106. The van der Waals surface area contributed by atoms with Gasteiger partial charge in [0.15, 0.2) is 11.5 Å². The normalized spacial score (nSPS) is 18.1. The Labute approximate surface area is 119 Å². The van der Waals surface area contributed by atoms with Crippen LogP contribution in [0.2, 0.25) is 0 Å². The van der Waals surface area contributed by atoms with Crippen LogP contribution in [0.3, 0.4) is 0 Å². The van der Waals surface area contributed by atoms with Gasteiger partial charge in [-0.3, -0.25) is 0 Å². The quantitative estimate of drug-likeness (QED) is 0.561. The van der Waals surface area contributed by atoms with Gasteiger partial charge >= 0.3 is 0 Å². The smallest absolute Gasteiger partial charge is 0.165 e. The highest BCUT2D eigenvalue weighted by molar-refractivity contribution is 5.99. The van der Waals surface area contributed by atoms with Gasteiger partial charge in [0.05, 0.1) is 0 Å². The molecule has 1 fully saturated rings. The molecule has 0 bridgehead atoms. The summed E-state index contributed by atoms with van der Waals surface area (Å²) in [6, 6.07) is 9.26. The molecule has 0 saturated heterocycles. The molecule has 106 valence electrons. The van der Waals surface area contributed by atoms with Crippen LogP contribution >= 0.6 is 0 Å². The van der Waals surface area contributed by atoms with Gasteiger partial charge in [-0.15, -0.1) is 0 Å². The average Bonchev–Trinajstić information content (AvgIpc) is 2.45. The van der Waals surface area contributed by atoms with Gasteiger partial charge in [-0.25, -0.2) is 0 Å². The second kappa shape index (κ2) is 4.89. The minimum Gasteiger partial charge on any atom is -0.504 e. The maximum Gasteiger partial charge on any atom is 0.165 e. The number of phenols is 2. The lowest BCUT2D eigenvalue weighted by Crippen LogP contribution is -2.36. The van der Waals surface area contributed by atoms with E-state index in [0.29, 0.717) is 5.39 Å². The average molecular weight is 271 g/mol. The van der Waals surface area contributed by atoms with Crippen molar-refractivity contribution in [3.63, 3.8) is 0 Å². The minimum atomic E-state index is -0.0643. The number of hydrogen-bond acceptors (Lipinski definition) is 3. The maximum absolute atomic E-state index is 9.97. The van der Waals surface area contributed by atoms with Gasteiger partial charge in [-0.05, 0) is 19.8 Å². The largest absolute Gasteiger partial charge is 0.504 e. The van der Waals surface area contributed by atoms with Crippen molar-refractivity contribution in [2.24, 2.45) is 0 Å². The molecule has 0 aromatic heterocycles. The first-order valence-corrected chi connectivity index (χ1v) is 7.31. The lowest BCUT2D eigenvalue weighted by Gasteiger charge is -2.36. The third-order valence-electron chi connectivity index (χ3n) is 4.39. The molecule has 1 aliphatic rings. The van der Waals surface area contributed by atoms with E-state index in [0.717, 1.165) is 23.9 Å². The van der Waals surface area contributed by atoms with Gasteiger partial charge < -0.3 is 15.5 Å². The Morgan fingerprint density at radius 1 is 1.00 bits per heavy atom. The van der Waals surface area contributed by atoms with Gasteiger partial charge in [0, 0.05) is 28.1 Å². The topological polar surface area (TPSA) is 52.5 Å². The highest BCUT2D eigenvalue weighted by atomic mass is 16.3. The summed E-state index contributed by atoms with van der Waals surface area (Å²) < 4.78 is 0. The highest BCUT2D eigenvalue weighted by Gasteiger charge is 2.27. The van der Waals surface area contributed by atoms with Gasteiger partial charge in [0.1, 0.15) is 0 Å². The standard InChI is InChI=1S/C17H21NO2/c1-17(9-5-2-6-10-17)18-14-11-15(19)16(20)13-8-4-3-7-12(13)14/h3-4,7-8,11,18-20H,2,5-6,9-10H2,1H3. The second-order valence-corrected chi connectivity index (χ2v) is 6.08. The molecule has 1 saturated carbocycles. The first kappa shape index (κ1) is 13.1. The first-order valence-electron chi connectivity index (χ1n) is 7.31. The summed E-state index contributed by atoms with van der Waals surface area (Å²) in [6.45, 7) is 2.24. The van der Waals surface area contributed by atoms with E-state index in [1.807, 2.05) is 24.3 Å². The van der Waals surface area contributed by atoms with E-state index >= 15 is 0 Å². The zero-order chi connectivity index (χ0) is 14.2. The zero-order valence-electron chi connectivity index (χ0n) is 11.8. The fourth-order valence-corrected chi connectivity index (χ4v) is 3.23. The van der Waals surface area contributed by atoms with Crippen molar-refractivity contribution in [1.82, 2.24) is 0 Å². The molecule has 0 radical (unpaired) electrons. The van der Waals surface area contributed by atoms with Gasteiger partial charge in [-0.2, -0.15) is 0 Å². The van der Waals surface area contributed by atoms with E-state index in [4.69, 9.17) is 0 Å². The molecule has 20 heavy (non-hydrogen) atoms. The zero-order valence-corrected chi connectivity index (χ0v) is 11.8. The monoisotopic (exact) mass is 271 g/mol. The Balaban J connectivity index is 2.05. The first-order chi connectivity index (χ1) is 9.59. The van der Waals surface area contributed by atoms with Crippen LogP contribution < -0.4 is 5.32 Å². The van der Waals surface area contributed by atoms with Crippen LogP contribution in [0.25, 0.3) is 10.8 Å². The van der Waals surface area contributed by atoms with Crippen LogP contribution in [0.4, 0.5) is 5.69 Å². The number of hydrogen-bond donors (Lipinski definition) is 3. The van der Waals surface area contributed by atoms with Crippen LogP contribution in [0.1, 0.15) is 39.0 Å². The fourth-order valence-electron chi connectivity index (χ4n) is 3.23. The second-order valence-electron chi connectivity index (χ2n) is 6.08. The van der Waals surface area contributed by atoms with Crippen molar-refractivity contribution in [3.05, 3.63) is 30.3 Å². The van der Waals surface area contributed by atoms with E-state index in [1.54, 1.807) is 6.07 Å². The molecule has 3 N–H and O–H groups in total. The van der Waals surface area contributed by atoms with Crippen molar-refractivity contribution in [2.75, 3.05) is 5.32 Å². The van der Waals surface area contributed by atoms with Gasteiger partial charge in [-0.1, -0.05) is 43.5 Å². The Kier molecular flexibility index (Phi) is 3.20. The summed E-state index contributed by atoms with van der Waals surface area (Å²) in [5.41, 5.74) is 0.977. The predicted octanol–water partition coefficient (Wildman–Crippen LogP) is 4.39. The van der Waals surface area contributed by atoms with E-state index in [9.17, 15) is 10.2 Å². The van der Waals surface area contributed by atoms with Crippen molar-refractivity contribution in [2.45, 2.75) is 44.6 Å². The number of fused-ring (bicyclic) bond motifs is 1.